The van der Waals surface area contributed by atoms with E-state index in [1.54, 1.807) is 26.2 Å². The highest BCUT2D eigenvalue weighted by atomic mass is 16.5. The summed E-state index contributed by atoms with van der Waals surface area (Å²) in [5.74, 6) is 0.862. The monoisotopic (exact) mass is 403 g/mol. The Kier molecular flexibility index (Phi) is 5.30. The van der Waals surface area contributed by atoms with Crippen molar-refractivity contribution in [2.24, 2.45) is 0 Å². The van der Waals surface area contributed by atoms with E-state index in [-0.39, 0.29) is 29.6 Å². The topological polar surface area (TPSA) is 101 Å². The van der Waals surface area contributed by atoms with E-state index in [0.717, 1.165) is 16.9 Å². The molecule has 0 saturated heterocycles. The number of nitrogens with zero attached hydrogens (tertiary/aromatic N) is 3. The van der Waals surface area contributed by atoms with E-state index in [0.29, 0.717) is 17.7 Å². The smallest absolute Gasteiger partial charge is 0.277 e. The summed E-state index contributed by atoms with van der Waals surface area (Å²) >= 11 is 0. The number of rotatable bonds is 6. The summed E-state index contributed by atoms with van der Waals surface area (Å²) in [6.45, 7) is 1.79. The Morgan fingerprint density at radius 3 is 2.50 bits per heavy atom. The first-order chi connectivity index (χ1) is 14.5. The predicted molar refractivity (Wildman–Crippen MR) is 113 cm³/mol. The molecular formula is C22H21N5O3. The van der Waals surface area contributed by atoms with Crippen molar-refractivity contribution >= 4 is 17.6 Å². The van der Waals surface area contributed by atoms with Gasteiger partial charge in [-0.05, 0) is 30.2 Å². The van der Waals surface area contributed by atoms with Crippen LogP contribution < -0.4 is 15.6 Å². The molecule has 1 amide bonds. The highest BCUT2D eigenvalue weighted by Gasteiger charge is 2.15. The van der Waals surface area contributed by atoms with Crippen LogP contribution >= 0.6 is 0 Å². The maximum absolute atomic E-state index is 12.9. The average Bonchev–Trinajstić information content (AvgIpc) is 3.14. The number of carbonyl (C=O) groups is 1. The minimum absolute atomic E-state index is 0.168. The molecule has 0 saturated carbocycles. The largest absolute Gasteiger partial charge is 0.497 e. The number of benzene rings is 2. The number of fused-ring (bicyclic) bond motifs is 1. The van der Waals surface area contributed by atoms with Gasteiger partial charge < -0.3 is 4.74 Å². The zero-order valence-electron chi connectivity index (χ0n) is 16.7. The highest BCUT2D eigenvalue weighted by Crippen LogP contribution is 2.13. The first-order valence-corrected chi connectivity index (χ1v) is 9.48. The molecule has 2 aromatic heterocycles. The van der Waals surface area contributed by atoms with E-state index in [1.807, 2.05) is 42.5 Å². The van der Waals surface area contributed by atoms with Gasteiger partial charge in [0.1, 0.15) is 5.75 Å². The molecule has 8 heteroatoms. The molecule has 0 aliphatic carbocycles. The molecule has 2 aromatic carbocycles. The normalized spacial score (nSPS) is 10.9. The molecule has 0 aliphatic rings. The van der Waals surface area contributed by atoms with E-state index in [1.165, 1.54) is 4.52 Å². The molecule has 0 aliphatic heterocycles. The molecule has 0 unspecified atom stereocenters. The molecular weight excluding hydrogens is 382 g/mol. The number of anilines is 1. The van der Waals surface area contributed by atoms with Gasteiger partial charge in [-0.3, -0.25) is 20.0 Å². The Balaban J connectivity index is 1.54. The SMILES string of the molecule is COc1ccc(CC(=O)Nc2nc3nc(C)c(Cc4ccccc4)c(=O)n3[nH]2)cc1. The number of amides is 1. The van der Waals surface area contributed by atoms with Crippen LogP contribution in [0.15, 0.2) is 59.4 Å². The van der Waals surface area contributed by atoms with Gasteiger partial charge in [0, 0.05) is 12.0 Å². The molecule has 0 atom stereocenters. The van der Waals surface area contributed by atoms with Gasteiger partial charge in [0.05, 0.1) is 19.2 Å². The lowest BCUT2D eigenvalue weighted by Gasteiger charge is -2.04. The Bertz CT molecular complexity index is 1240. The Labute approximate surface area is 172 Å². The molecule has 0 spiro atoms. The molecule has 2 heterocycles. The average molecular weight is 403 g/mol. The third-order valence-electron chi connectivity index (χ3n) is 4.80. The summed E-state index contributed by atoms with van der Waals surface area (Å²) in [6, 6.07) is 17.0. The quantitative estimate of drug-likeness (QED) is 0.515. The number of aromatic amines is 1. The summed E-state index contributed by atoms with van der Waals surface area (Å²) in [7, 11) is 1.59. The van der Waals surface area contributed by atoms with Crippen molar-refractivity contribution in [2.45, 2.75) is 19.8 Å². The molecule has 0 fully saturated rings. The molecule has 8 nitrogen and oxygen atoms in total. The van der Waals surface area contributed by atoms with Crippen LogP contribution in [0.25, 0.3) is 5.78 Å². The van der Waals surface area contributed by atoms with Crippen LogP contribution in [0.3, 0.4) is 0 Å². The van der Waals surface area contributed by atoms with Crippen LogP contribution in [-0.4, -0.2) is 32.6 Å². The number of carbonyl (C=O) groups excluding carboxylic acids is 1. The Morgan fingerprint density at radius 1 is 1.07 bits per heavy atom. The number of ether oxygens (including phenoxy) is 1. The first kappa shape index (κ1) is 19.4. The van der Waals surface area contributed by atoms with Crippen molar-refractivity contribution in [1.82, 2.24) is 19.6 Å². The van der Waals surface area contributed by atoms with Crippen LogP contribution in [0.1, 0.15) is 22.4 Å². The Hall–Kier alpha value is -3.94. The summed E-state index contributed by atoms with van der Waals surface area (Å²) in [5.41, 5.74) is 2.82. The minimum Gasteiger partial charge on any atom is -0.497 e. The van der Waals surface area contributed by atoms with E-state index >= 15 is 0 Å². The number of hydrogen-bond acceptors (Lipinski definition) is 5. The molecule has 0 radical (unpaired) electrons. The molecule has 152 valence electrons. The number of methoxy groups -OCH3 is 1. The molecule has 2 N–H and O–H groups in total. The second-order valence-electron chi connectivity index (χ2n) is 6.92. The van der Waals surface area contributed by atoms with Gasteiger partial charge in [0.15, 0.2) is 0 Å². The van der Waals surface area contributed by atoms with Gasteiger partial charge in [-0.1, -0.05) is 42.5 Å². The minimum atomic E-state index is -0.256. The van der Waals surface area contributed by atoms with Crippen molar-refractivity contribution in [3.8, 4) is 5.75 Å². The fraction of sp³-hybridized carbons (Fsp3) is 0.182. The maximum atomic E-state index is 12.9. The summed E-state index contributed by atoms with van der Waals surface area (Å²) in [5, 5.41) is 5.52. The van der Waals surface area contributed by atoms with Crippen molar-refractivity contribution in [1.29, 1.82) is 0 Å². The lowest BCUT2D eigenvalue weighted by molar-refractivity contribution is -0.115. The van der Waals surface area contributed by atoms with Gasteiger partial charge in [0.2, 0.25) is 11.9 Å². The van der Waals surface area contributed by atoms with Crippen molar-refractivity contribution in [2.75, 3.05) is 12.4 Å². The van der Waals surface area contributed by atoms with Crippen LogP contribution in [0.5, 0.6) is 5.75 Å². The van der Waals surface area contributed by atoms with Gasteiger partial charge in [-0.25, -0.2) is 4.98 Å². The molecule has 0 bridgehead atoms. The molecule has 4 rings (SSSR count). The third-order valence-corrected chi connectivity index (χ3v) is 4.80. The second-order valence-corrected chi connectivity index (χ2v) is 6.92. The van der Waals surface area contributed by atoms with Crippen molar-refractivity contribution in [3.05, 3.63) is 87.3 Å². The lowest BCUT2D eigenvalue weighted by Crippen LogP contribution is -2.22. The summed E-state index contributed by atoms with van der Waals surface area (Å²) in [4.78, 5) is 33.9. The summed E-state index contributed by atoms with van der Waals surface area (Å²) < 4.78 is 6.37. The number of H-pyrrole nitrogens is 1. The van der Waals surface area contributed by atoms with Gasteiger partial charge in [-0.2, -0.15) is 9.50 Å². The zero-order chi connectivity index (χ0) is 21.1. The number of aryl methyl sites for hydroxylation is 1. The number of nitrogens with one attached hydrogen (secondary N) is 2. The van der Waals surface area contributed by atoms with Gasteiger partial charge >= 0.3 is 0 Å². The standard InChI is InChI=1S/C22H21N5O3/c1-14-18(12-15-6-4-3-5-7-15)20(29)27-22(23-14)25-21(26-27)24-19(28)13-16-8-10-17(30-2)11-9-16/h3-11H,12-13H2,1-2H3,(H2,23,24,25,26,28). The zero-order valence-corrected chi connectivity index (χ0v) is 16.7. The highest BCUT2D eigenvalue weighted by molar-refractivity contribution is 5.90. The van der Waals surface area contributed by atoms with Gasteiger partial charge in [0.25, 0.3) is 11.3 Å². The van der Waals surface area contributed by atoms with E-state index in [9.17, 15) is 9.59 Å². The third kappa shape index (κ3) is 4.07. The van der Waals surface area contributed by atoms with Crippen molar-refractivity contribution in [3.63, 3.8) is 0 Å². The van der Waals surface area contributed by atoms with E-state index in [4.69, 9.17) is 4.74 Å². The fourth-order valence-electron chi connectivity index (χ4n) is 3.22. The predicted octanol–water partition coefficient (Wildman–Crippen LogP) is 2.51. The van der Waals surface area contributed by atoms with Crippen LogP contribution in [0.4, 0.5) is 5.95 Å². The molecule has 30 heavy (non-hydrogen) atoms. The second kappa shape index (κ2) is 8.20. The van der Waals surface area contributed by atoms with Gasteiger partial charge in [-0.15, -0.1) is 0 Å². The summed E-state index contributed by atoms with van der Waals surface area (Å²) in [6.07, 6.45) is 0.640. The van der Waals surface area contributed by atoms with Crippen molar-refractivity contribution < 1.29 is 9.53 Å². The van der Waals surface area contributed by atoms with E-state index in [2.05, 4.69) is 20.4 Å². The number of hydrogen-bond donors (Lipinski definition) is 2. The van der Waals surface area contributed by atoms with Crippen LogP contribution in [0.2, 0.25) is 0 Å². The van der Waals surface area contributed by atoms with E-state index < -0.39 is 0 Å². The van der Waals surface area contributed by atoms with Crippen LogP contribution in [0, 0.1) is 6.92 Å². The maximum Gasteiger partial charge on any atom is 0.277 e. The lowest BCUT2D eigenvalue weighted by atomic mass is 10.1. The molecule has 4 aromatic rings. The fourth-order valence-corrected chi connectivity index (χ4v) is 3.22. The van der Waals surface area contributed by atoms with Crippen LogP contribution in [-0.2, 0) is 17.6 Å². The number of aromatic nitrogens is 4. The Morgan fingerprint density at radius 2 is 1.80 bits per heavy atom. The first-order valence-electron chi connectivity index (χ1n) is 9.48.